The van der Waals surface area contributed by atoms with Crippen molar-refractivity contribution >= 4 is 17.7 Å². The van der Waals surface area contributed by atoms with E-state index in [1.807, 2.05) is 6.92 Å². The molecule has 1 aromatic rings. The maximum atomic E-state index is 10.5. The number of carbonyl (C=O) groups is 2. The van der Waals surface area contributed by atoms with Crippen LogP contribution in [0.4, 0.5) is 5.82 Å². The van der Waals surface area contributed by atoms with E-state index in [0.29, 0.717) is 6.61 Å². The van der Waals surface area contributed by atoms with Crippen LogP contribution in [0.15, 0.2) is 18.2 Å². The third-order valence-corrected chi connectivity index (χ3v) is 1.68. The number of nitrogens with two attached hydrogens (primary N) is 1. The van der Waals surface area contributed by atoms with Gasteiger partial charge in [-0.1, -0.05) is 6.92 Å². The Morgan fingerprint density at radius 2 is 2.11 bits per heavy atom. The number of aromatic nitrogens is 1. The van der Waals surface area contributed by atoms with E-state index in [0.717, 1.165) is 6.42 Å². The molecule has 1 rings (SSSR count). The Bertz CT molecular complexity index is 432. The summed E-state index contributed by atoms with van der Waals surface area (Å²) in [6, 6.07) is 3.85. The van der Waals surface area contributed by atoms with Gasteiger partial charge in [-0.15, -0.1) is 0 Å². The third-order valence-electron chi connectivity index (χ3n) is 1.68. The molecular formula is C11H15N3O5. The van der Waals surface area contributed by atoms with Crippen molar-refractivity contribution in [1.82, 2.24) is 4.98 Å². The molecule has 0 radical (unpaired) electrons. The number of ether oxygens (including phenoxy) is 1. The molecule has 8 nitrogen and oxygen atoms in total. The molecule has 104 valence electrons. The van der Waals surface area contributed by atoms with Gasteiger partial charge in [0.05, 0.1) is 6.61 Å². The van der Waals surface area contributed by atoms with E-state index in [1.54, 1.807) is 0 Å². The highest BCUT2D eigenvalue weighted by Gasteiger charge is 2.12. The summed E-state index contributed by atoms with van der Waals surface area (Å²) < 4.78 is 4.55. The molecule has 0 saturated heterocycles. The van der Waals surface area contributed by atoms with Crippen LogP contribution in [0.2, 0.25) is 0 Å². The molecule has 0 unspecified atom stereocenters. The largest absolute Gasteiger partial charge is 0.466 e. The monoisotopic (exact) mass is 269 g/mol. The van der Waals surface area contributed by atoms with Crippen LogP contribution in [0.5, 0.6) is 0 Å². The average molecular weight is 269 g/mol. The molecule has 8 heteroatoms. The van der Waals surface area contributed by atoms with Crippen LogP contribution >= 0.6 is 0 Å². The number of carbonyl (C=O) groups excluding carboxylic acids is 2. The second-order valence-electron chi connectivity index (χ2n) is 3.34. The first-order chi connectivity index (χ1) is 8.88. The number of hydrogen-bond donors (Lipinski definition) is 1. The van der Waals surface area contributed by atoms with Crippen molar-refractivity contribution in [3.05, 3.63) is 34.0 Å². The lowest BCUT2D eigenvalue weighted by molar-refractivity contribution is -0.389. The summed E-state index contributed by atoms with van der Waals surface area (Å²) in [4.78, 5) is 33.4. The van der Waals surface area contributed by atoms with Crippen LogP contribution in [-0.4, -0.2) is 28.4 Å². The van der Waals surface area contributed by atoms with Crippen molar-refractivity contribution < 1.29 is 19.2 Å². The lowest BCUT2D eigenvalue weighted by Gasteiger charge is -1.93. The standard InChI is InChI=1S/C6H5N3O3.C5H10O2/c7-6(10)4-2-1-3-5(8-4)9(11)12;1-3-4-7-5(2)6/h1-3H,(H2,7,10);3-4H2,1-2H3. The zero-order valence-electron chi connectivity index (χ0n) is 10.7. The minimum Gasteiger partial charge on any atom is -0.466 e. The van der Waals surface area contributed by atoms with Gasteiger partial charge in [0.15, 0.2) is 0 Å². The zero-order chi connectivity index (χ0) is 14.8. The highest BCUT2D eigenvalue weighted by molar-refractivity contribution is 5.90. The molecule has 1 amide bonds. The van der Waals surface area contributed by atoms with Gasteiger partial charge in [-0.2, -0.15) is 0 Å². The topological polar surface area (TPSA) is 125 Å². The van der Waals surface area contributed by atoms with Crippen LogP contribution in [0.3, 0.4) is 0 Å². The molecule has 0 aliphatic carbocycles. The molecule has 0 aliphatic heterocycles. The minimum atomic E-state index is -0.779. The predicted molar refractivity (Wildman–Crippen MR) is 66.3 cm³/mol. The first-order valence-electron chi connectivity index (χ1n) is 5.43. The van der Waals surface area contributed by atoms with Gasteiger partial charge in [-0.3, -0.25) is 9.59 Å². The fraction of sp³-hybridized carbons (Fsp3) is 0.364. The molecular weight excluding hydrogens is 254 g/mol. The van der Waals surface area contributed by atoms with Crippen molar-refractivity contribution in [3.63, 3.8) is 0 Å². The zero-order valence-corrected chi connectivity index (χ0v) is 10.7. The number of nitrogens with zero attached hydrogens (tertiary/aromatic N) is 2. The van der Waals surface area contributed by atoms with E-state index >= 15 is 0 Å². The average Bonchev–Trinajstić information content (AvgIpc) is 2.37. The van der Waals surface area contributed by atoms with Gasteiger partial charge in [-0.25, -0.2) is 0 Å². The Labute approximate surface area is 109 Å². The predicted octanol–water partition coefficient (Wildman–Crippen LogP) is 1.05. The van der Waals surface area contributed by atoms with Gasteiger partial charge in [0.2, 0.25) is 5.69 Å². The molecule has 0 aromatic carbocycles. The maximum absolute atomic E-state index is 10.5. The highest BCUT2D eigenvalue weighted by atomic mass is 16.6. The van der Waals surface area contributed by atoms with Crippen LogP contribution in [0.25, 0.3) is 0 Å². The second-order valence-corrected chi connectivity index (χ2v) is 3.34. The Morgan fingerprint density at radius 1 is 1.47 bits per heavy atom. The number of primary amides is 1. The molecule has 0 aliphatic rings. The van der Waals surface area contributed by atoms with Crippen LogP contribution < -0.4 is 5.73 Å². The van der Waals surface area contributed by atoms with Gasteiger partial charge in [-0.05, 0) is 28.5 Å². The molecule has 0 fully saturated rings. The molecule has 0 bridgehead atoms. The van der Waals surface area contributed by atoms with Gasteiger partial charge < -0.3 is 20.6 Å². The van der Waals surface area contributed by atoms with Crippen molar-refractivity contribution in [1.29, 1.82) is 0 Å². The maximum Gasteiger partial charge on any atom is 0.364 e. The van der Waals surface area contributed by atoms with Crippen molar-refractivity contribution in [3.8, 4) is 0 Å². The summed E-state index contributed by atoms with van der Waals surface area (Å²) in [6.45, 7) is 3.92. The molecule has 19 heavy (non-hydrogen) atoms. The Hall–Kier alpha value is -2.51. The number of nitro groups is 1. The summed E-state index contributed by atoms with van der Waals surface area (Å²) >= 11 is 0. The van der Waals surface area contributed by atoms with Crippen LogP contribution in [0.1, 0.15) is 30.8 Å². The van der Waals surface area contributed by atoms with Crippen molar-refractivity contribution in [2.24, 2.45) is 5.73 Å². The smallest absolute Gasteiger partial charge is 0.364 e. The van der Waals surface area contributed by atoms with E-state index in [1.165, 1.54) is 25.1 Å². The summed E-state index contributed by atoms with van der Waals surface area (Å²) in [7, 11) is 0. The Kier molecular flexibility index (Phi) is 7.43. The SMILES string of the molecule is CCCOC(C)=O.NC(=O)c1cccc([N+](=O)[O-])n1. The quantitative estimate of drug-likeness (QED) is 0.494. The lowest BCUT2D eigenvalue weighted by atomic mass is 10.3. The number of esters is 1. The molecule has 0 atom stereocenters. The van der Waals surface area contributed by atoms with Crippen molar-refractivity contribution in [2.75, 3.05) is 6.61 Å². The third kappa shape index (κ3) is 7.42. The van der Waals surface area contributed by atoms with Gasteiger partial charge in [0.1, 0.15) is 0 Å². The lowest BCUT2D eigenvalue weighted by Crippen LogP contribution is -2.13. The molecule has 1 aromatic heterocycles. The Morgan fingerprint density at radius 3 is 2.47 bits per heavy atom. The summed E-state index contributed by atoms with van der Waals surface area (Å²) in [5, 5.41) is 10.2. The first-order valence-corrected chi connectivity index (χ1v) is 5.43. The van der Waals surface area contributed by atoms with Crippen LogP contribution in [-0.2, 0) is 9.53 Å². The fourth-order valence-corrected chi connectivity index (χ4v) is 0.908. The second kappa shape index (κ2) is 8.56. The Balaban J connectivity index is 0.000000399. The first kappa shape index (κ1) is 16.5. The van der Waals surface area contributed by atoms with E-state index in [2.05, 4.69) is 9.72 Å². The van der Waals surface area contributed by atoms with E-state index in [9.17, 15) is 19.7 Å². The minimum absolute atomic E-state index is 0.107. The molecule has 1 heterocycles. The van der Waals surface area contributed by atoms with Gasteiger partial charge >= 0.3 is 11.8 Å². The summed E-state index contributed by atoms with van der Waals surface area (Å²) in [5.41, 5.74) is 4.75. The van der Waals surface area contributed by atoms with E-state index < -0.39 is 10.8 Å². The highest BCUT2D eigenvalue weighted by Crippen LogP contribution is 2.06. The van der Waals surface area contributed by atoms with E-state index in [-0.39, 0.29) is 17.5 Å². The molecule has 0 saturated carbocycles. The number of hydrogen-bond acceptors (Lipinski definition) is 6. The van der Waals surface area contributed by atoms with Gasteiger partial charge in [0.25, 0.3) is 5.91 Å². The fourth-order valence-electron chi connectivity index (χ4n) is 0.908. The number of rotatable bonds is 4. The number of amides is 1. The van der Waals surface area contributed by atoms with Gasteiger partial charge in [0, 0.05) is 13.0 Å². The van der Waals surface area contributed by atoms with E-state index in [4.69, 9.17) is 5.73 Å². The van der Waals surface area contributed by atoms with Crippen molar-refractivity contribution in [2.45, 2.75) is 20.3 Å². The summed E-state index contributed by atoms with van der Waals surface area (Å²) in [6.07, 6.45) is 0.902. The number of pyridine rings is 1. The molecule has 2 N–H and O–H groups in total. The normalized spacial score (nSPS) is 8.95. The molecule has 0 spiro atoms. The summed E-state index contributed by atoms with van der Waals surface area (Å²) in [5.74, 6) is -1.35. The van der Waals surface area contributed by atoms with Crippen LogP contribution in [0, 0.1) is 10.1 Å².